The third kappa shape index (κ3) is 8.05. The summed E-state index contributed by atoms with van der Waals surface area (Å²) in [4.78, 5) is 0. The first kappa shape index (κ1) is 49.6. The fraction of sp³-hybridized carbons (Fsp3) is 0.0247. The first-order valence-corrected chi connectivity index (χ1v) is 29.1. The van der Waals surface area contributed by atoms with Crippen LogP contribution in [0.1, 0.15) is 16.7 Å². The lowest BCUT2D eigenvalue weighted by molar-refractivity contribution is 1.09. The normalized spacial score (nSPS) is 11.6. The molecule has 0 aliphatic rings. The van der Waals surface area contributed by atoms with Crippen LogP contribution in [0.5, 0.6) is 0 Å². The van der Waals surface area contributed by atoms with Gasteiger partial charge in [-0.2, -0.15) is 5.26 Å². The molecule has 13 aromatic carbocycles. The number of fused-ring (bicyclic) bond motifs is 9. The molecule has 85 heavy (non-hydrogen) atoms. The second-order valence-corrected chi connectivity index (χ2v) is 22.5. The summed E-state index contributed by atoms with van der Waals surface area (Å²) in [5, 5.41) is 19.6. The van der Waals surface area contributed by atoms with Crippen LogP contribution in [0.15, 0.2) is 291 Å². The molecule has 0 fully saturated rings. The van der Waals surface area contributed by atoms with Crippen molar-refractivity contribution in [3.8, 4) is 89.9 Å². The van der Waals surface area contributed by atoms with E-state index in [0.29, 0.717) is 5.56 Å². The summed E-state index contributed by atoms with van der Waals surface area (Å²) in [6, 6.07) is 109. The maximum absolute atomic E-state index is 12.9. The van der Waals surface area contributed by atoms with E-state index in [0.717, 1.165) is 138 Å². The lowest BCUT2D eigenvalue weighted by atomic mass is 9.88. The van der Waals surface area contributed by atoms with Gasteiger partial charge in [-0.05, 0) is 142 Å². The Kier molecular flexibility index (Phi) is 11.7. The van der Waals surface area contributed by atoms with Crippen LogP contribution >= 0.6 is 0 Å². The Bertz CT molecular complexity index is 4820. The number of rotatable bonds is 9. The molecule has 0 aliphatic carbocycles. The molecule has 4 heteroatoms. The standard InChI is InChI=1S/C81H54N4/c1-52-33-39-71-64(45-52)65-46-53(2)34-40-72(65)85(71)81-77(58-29-17-7-18-30-58)79(83-73-41-35-60(54-21-9-3-10-22-54)47-66(73)67-48-61(36-42-74(67)83)55-23-11-4-12-24-55)70(51-82)80(78(81)59-31-19-8-20-32-59)84-75-43-37-62(56-25-13-5-14-26-56)49-68(75)69-50-63(38-44-76(69)84)57-27-15-6-16-28-57/h3-50H,1-2H3. The molecule has 0 saturated heterocycles. The van der Waals surface area contributed by atoms with Crippen LogP contribution in [0.25, 0.3) is 149 Å². The lowest BCUT2D eigenvalue weighted by Gasteiger charge is -2.28. The van der Waals surface area contributed by atoms with Gasteiger partial charge in [-0.25, -0.2) is 0 Å². The molecular formula is C81H54N4. The number of hydrogen-bond donors (Lipinski definition) is 0. The topological polar surface area (TPSA) is 38.6 Å². The number of hydrogen-bond acceptors (Lipinski definition) is 1. The maximum atomic E-state index is 12.9. The molecule has 398 valence electrons. The zero-order chi connectivity index (χ0) is 56.7. The Morgan fingerprint density at radius 2 is 0.471 bits per heavy atom. The number of nitrogens with zero attached hydrogens (tertiary/aromatic N) is 4. The van der Waals surface area contributed by atoms with Crippen LogP contribution in [0, 0.1) is 25.2 Å². The van der Waals surface area contributed by atoms with Crippen molar-refractivity contribution in [2.45, 2.75) is 13.8 Å². The second kappa shape index (κ2) is 20.0. The Morgan fingerprint density at radius 1 is 0.235 bits per heavy atom. The summed E-state index contributed by atoms with van der Waals surface area (Å²) in [5.41, 5.74) is 24.5. The van der Waals surface area contributed by atoms with Crippen molar-refractivity contribution in [3.05, 3.63) is 308 Å². The summed E-state index contributed by atoms with van der Waals surface area (Å²) in [6.07, 6.45) is 0. The Morgan fingerprint density at radius 3 is 0.741 bits per heavy atom. The van der Waals surface area contributed by atoms with Gasteiger partial charge in [-0.1, -0.05) is 230 Å². The summed E-state index contributed by atoms with van der Waals surface area (Å²) in [7, 11) is 0. The Balaban J connectivity index is 1.16. The van der Waals surface area contributed by atoms with Crippen LogP contribution in [0.4, 0.5) is 0 Å². The van der Waals surface area contributed by atoms with Gasteiger partial charge < -0.3 is 13.7 Å². The first-order chi connectivity index (χ1) is 42.0. The Labute approximate surface area is 493 Å². The zero-order valence-electron chi connectivity index (χ0n) is 47.0. The summed E-state index contributed by atoms with van der Waals surface area (Å²) >= 11 is 0. The van der Waals surface area contributed by atoms with Gasteiger partial charge in [0.2, 0.25) is 0 Å². The molecule has 0 N–H and O–H groups in total. The molecule has 0 radical (unpaired) electrons. The molecule has 0 unspecified atom stereocenters. The molecule has 16 aromatic rings. The molecule has 0 aliphatic heterocycles. The van der Waals surface area contributed by atoms with Crippen LogP contribution < -0.4 is 0 Å². The van der Waals surface area contributed by atoms with Crippen molar-refractivity contribution in [3.63, 3.8) is 0 Å². The number of nitriles is 1. The van der Waals surface area contributed by atoms with E-state index in [1.54, 1.807) is 0 Å². The number of aryl methyl sites for hydroxylation is 2. The van der Waals surface area contributed by atoms with E-state index in [1.807, 2.05) is 0 Å². The fourth-order valence-corrected chi connectivity index (χ4v) is 13.5. The second-order valence-electron chi connectivity index (χ2n) is 22.5. The van der Waals surface area contributed by atoms with E-state index >= 15 is 0 Å². The highest BCUT2D eigenvalue weighted by Crippen LogP contribution is 2.53. The third-order valence-corrected chi connectivity index (χ3v) is 17.4. The van der Waals surface area contributed by atoms with Crippen LogP contribution in [-0.4, -0.2) is 13.7 Å². The molecule has 0 bridgehead atoms. The largest absolute Gasteiger partial charge is 0.308 e. The minimum Gasteiger partial charge on any atom is -0.308 e. The SMILES string of the molecule is Cc1ccc2c(c1)c1cc(C)ccc1n2-c1c(-c2ccccc2)c(-n2c3ccc(-c4ccccc4)cc3c3cc(-c4ccccc4)ccc32)c(C#N)c(-n2c3ccc(-c4ccccc4)cc3c3cc(-c4ccccc4)ccc32)c1-c1ccccc1. The average Bonchev–Trinajstić information content (AvgIpc) is 1.87. The van der Waals surface area contributed by atoms with Crippen molar-refractivity contribution in [2.24, 2.45) is 0 Å². The smallest absolute Gasteiger partial charge is 0.104 e. The monoisotopic (exact) mass is 1080 g/mol. The van der Waals surface area contributed by atoms with E-state index in [-0.39, 0.29) is 0 Å². The van der Waals surface area contributed by atoms with Crippen LogP contribution in [0.3, 0.4) is 0 Å². The molecule has 3 heterocycles. The quantitative estimate of drug-likeness (QED) is 0.142. The van der Waals surface area contributed by atoms with Crippen molar-refractivity contribution < 1.29 is 0 Å². The zero-order valence-corrected chi connectivity index (χ0v) is 47.0. The van der Waals surface area contributed by atoms with Gasteiger partial charge in [-0.3, -0.25) is 0 Å². The van der Waals surface area contributed by atoms with Gasteiger partial charge in [0, 0.05) is 43.4 Å². The van der Waals surface area contributed by atoms with Crippen molar-refractivity contribution in [1.29, 1.82) is 5.26 Å². The third-order valence-electron chi connectivity index (χ3n) is 17.4. The van der Waals surface area contributed by atoms with E-state index in [4.69, 9.17) is 0 Å². The van der Waals surface area contributed by atoms with Gasteiger partial charge in [0.1, 0.15) is 11.6 Å². The minimum atomic E-state index is 0.546. The van der Waals surface area contributed by atoms with E-state index in [2.05, 4.69) is 325 Å². The lowest BCUT2D eigenvalue weighted by Crippen LogP contribution is -2.13. The first-order valence-electron chi connectivity index (χ1n) is 29.1. The molecule has 0 atom stereocenters. The van der Waals surface area contributed by atoms with Gasteiger partial charge >= 0.3 is 0 Å². The minimum absolute atomic E-state index is 0.546. The summed E-state index contributed by atoms with van der Waals surface area (Å²) in [6.45, 7) is 4.37. The van der Waals surface area contributed by atoms with Crippen molar-refractivity contribution in [1.82, 2.24) is 13.7 Å². The molecule has 0 saturated carbocycles. The molecule has 0 spiro atoms. The highest BCUT2D eigenvalue weighted by molar-refractivity contribution is 6.18. The highest BCUT2D eigenvalue weighted by Gasteiger charge is 2.34. The van der Waals surface area contributed by atoms with Crippen molar-refractivity contribution in [2.75, 3.05) is 0 Å². The predicted molar refractivity (Wildman–Crippen MR) is 356 cm³/mol. The molecule has 4 nitrogen and oxygen atoms in total. The van der Waals surface area contributed by atoms with Crippen LogP contribution in [-0.2, 0) is 0 Å². The van der Waals surface area contributed by atoms with Gasteiger partial charge in [0.05, 0.1) is 50.2 Å². The number of benzene rings is 13. The van der Waals surface area contributed by atoms with E-state index < -0.39 is 0 Å². The fourth-order valence-electron chi connectivity index (χ4n) is 13.5. The summed E-state index contributed by atoms with van der Waals surface area (Å²) < 4.78 is 7.37. The van der Waals surface area contributed by atoms with E-state index in [9.17, 15) is 5.26 Å². The average molecular weight is 1080 g/mol. The molecule has 3 aromatic heterocycles. The molecule has 16 rings (SSSR count). The van der Waals surface area contributed by atoms with Gasteiger partial charge in [0.25, 0.3) is 0 Å². The predicted octanol–water partition coefficient (Wildman–Crippen LogP) is 21.5. The molecular weight excluding hydrogens is 1030 g/mol. The maximum Gasteiger partial charge on any atom is 0.104 e. The van der Waals surface area contributed by atoms with Crippen molar-refractivity contribution >= 4 is 65.4 Å². The Hall–Kier alpha value is -11.3. The van der Waals surface area contributed by atoms with Gasteiger partial charge in [0.15, 0.2) is 0 Å². The number of aromatic nitrogens is 3. The molecule has 0 amide bonds. The van der Waals surface area contributed by atoms with E-state index in [1.165, 1.54) is 21.9 Å². The van der Waals surface area contributed by atoms with Crippen LogP contribution in [0.2, 0.25) is 0 Å². The summed E-state index contributed by atoms with van der Waals surface area (Å²) in [5.74, 6) is 0. The highest BCUT2D eigenvalue weighted by atomic mass is 15.1. The van der Waals surface area contributed by atoms with Gasteiger partial charge in [-0.15, -0.1) is 0 Å².